The zero-order valence-corrected chi connectivity index (χ0v) is 12.9. The Morgan fingerprint density at radius 2 is 2.28 bits per heavy atom. The second kappa shape index (κ2) is 7.28. The Morgan fingerprint density at radius 3 is 2.78 bits per heavy atom. The van der Waals surface area contributed by atoms with Gasteiger partial charge in [-0.3, -0.25) is 4.79 Å². The Morgan fingerprint density at radius 1 is 1.56 bits per heavy atom. The SMILES string of the molecule is CC(C)(NC(=O)C1CCNC1)c1nccs1.Cl.Cl. The highest BCUT2D eigenvalue weighted by atomic mass is 35.5. The van der Waals surface area contributed by atoms with E-state index in [0.717, 1.165) is 24.5 Å². The molecule has 18 heavy (non-hydrogen) atoms. The van der Waals surface area contributed by atoms with Gasteiger partial charge in [0.05, 0.1) is 11.5 Å². The molecule has 1 fully saturated rings. The van der Waals surface area contributed by atoms with Gasteiger partial charge in [-0.15, -0.1) is 36.2 Å². The first-order valence-corrected chi connectivity index (χ1v) is 6.40. The molecule has 0 spiro atoms. The van der Waals surface area contributed by atoms with Crippen molar-refractivity contribution >= 4 is 42.1 Å². The van der Waals surface area contributed by atoms with E-state index in [4.69, 9.17) is 0 Å². The number of hydrogen-bond acceptors (Lipinski definition) is 4. The topological polar surface area (TPSA) is 54.0 Å². The van der Waals surface area contributed by atoms with Crippen LogP contribution in [-0.2, 0) is 10.3 Å². The van der Waals surface area contributed by atoms with Gasteiger partial charge in [0.25, 0.3) is 0 Å². The van der Waals surface area contributed by atoms with Crippen LogP contribution in [0, 0.1) is 5.92 Å². The second-order valence-corrected chi connectivity index (χ2v) is 5.54. The molecule has 0 aliphatic carbocycles. The van der Waals surface area contributed by atoms with E-state index in [2.05, 4.69) is 15.6 Å². The van der Waals surface area contributed by atoms with Crippen LogP contribution in [0.5, 0.6) is 0 Å². The highest BCUT2D eigenvalue weighted by molar-refractivity contribution is 7.09. The number of carbonyl (C=O) groups is 1. The molecular weight excluding hydrogens is 293 g/mol. The molecule has 1 unspecified atom stereocenters. The summed E-state index contributed by atoms with van der Waals surface area (Å²) in [5, 5.41) is 9.15. The van der Waals surface area contributed by atoms with E-state index in [1.807, 2.05) is 19.2 Å². The lowest BCUT2D eigenvalue weighted by Crippen LogP contribution is -2.44. The lowest BCUT2D eigenvalue weighted by molar-refractivity contribution is -0.126. The maximum absolute atomic E-state index is 12.0. The number of nitrogens with one attached hydrogen (secondary N) is 2. The van der Waals surface area contributed by atoms with Crippen molar-refractivity contribution in [2.24, 2.45) is 5.92 Å². The summed E-state index contributed by atoms with van der Waals surface area (Å²) in [6.07, 6.45) is 2.70. The zero-order valence-electron chi connectivity index (χ0n) is 10.4. The van der Waals surface area contributed by atoms with Crippen molar-refractivity contribution < 1.29 is 4.79 Å². The molecule has 2 N–H and O–H groups in total. The van der Waals surface area contributed by atoms with Crippen molar-refractivity contribution in [2.75, 3.05) is 13.1 Å². The number of amides is 1. The first kappa shape index (κ1) is 17.6. The maximum atomic E-state index is 12.0. The molecule has 0 saturated carbocycles. The van der Waals surface area contributed by atoms with E-state index >= 15 is 0 Å². The smallest absolute Gasteiger partial charge is 0.225 e. The van der Waals surface area contributed by atoms with Gasteiger partial charge >= 0.3 is 0 Å². The summed E-state index contributed by atoms with van der Waals surface area (Å²) >= 11 is 1.57. The Hall–Kier alpha value is -0.360. The largest absolute Gasteiger partial charge is 0.344 e. The van der Waals surface area contributed by atoms with Crippen LogP contribution < -0.4 is 10.6 Å². The summed E-state index contributed by atoms with van der Waals surface area (Å²) in [4.78, 5) is 16.2. The van der Waals surface area contributed by atoms with E-state index in [1.54, 1.807) is 17.5 Å². The normalized spacial score (nSPS) is 18.7. The number of rotatable bonds is 3. The molecule has 4 nitrogen and oxygen atoms in total. The lowest BCUT2D eigenvalue weighted by atomic mass is 10.0. The van der Waals surface area contributed by atoms with E-state index in [0.29, 0.717) is 0 Å². The average molecular weight is 312 g/mol. The van der Waals surface area contributed by atoms with Gasteiger partial charge < -0.3 is 10.6 Å². The van der Waals surface area contributed by atoms with Gasteiger partial charge in [-0.25, -0.2) is 4.98 Å². The van der Waals surface area contributed by atoms with Gasteiger partial charge in [-0.05, 0) is 26.8 Å². The van der Waals surface area contributed by atoms with Crippen molar-refractivity contribution in [1.82, 2.24) is 15.6 Å². The van der Waals surface area contributed by atoms with Crippen LogP contribution >= 0.6 is 36.2 Å². The molecule has 104 valence electrons. The Bertz CT molecular complexity index is 364. The van der Waals surface area contributed by atoms with Gasteiger partial charge in [0.1, 0.15) is 5.01 Å². The minimum atomic E-state index is -0.367. The van der Waals surface area contributed by atoms with E-state index in [9.17, 15) is 4.79 Å². The molecule has 1 atom stereocenters. The van der Waals surface area contributed by atoms with Crippen LogP contribution in [0.2, 0.25) is 0 Å². The Labute approximate surface area is 124 Å². The number of hydrogen-bond donors (Lipinski definition) is 2. The monoisotopic (exact) mass is 311 g/mol. The van der Waals surface area contributed by atoms with Crippen LogP contribution in [0.3, 0.4) is 0 Å². The molecule has 1 aliphatic heterocycles. The fourth-order valence-electron chi connectivity index (χ4n) is 1.87. The van der Waals surface area contributed by atoms with Crippen molar-refractivity contribution in [1.29, 1.82) is 0 Å². The molecular formula is C11H19Cl2N3OS. The van der Waals surface area contributed by atoms with Crippen LogP contribution in [0.4, 0.5) is 0 Å². The molecule has 1 aliphatic rings. The molecule has 0 bridgehead atoms. The molecule has 1 aromatic rings. The van der Waals surface area contributed by atoms with Crippen molar-refractivity contribution in [3.05, 3.63) is 16.6 Å². The number of nitrogens with zero attached hydrogens (tertiary/aromatic N) is 1. The van der Waals surface area contributed by atoms with E-state index in [1.165, 1.54) is 0 Å². The number of thiazole rings is 1. The summed E-state index contributed by atoms with van der Waals surface area (Å²) in [6, 6.07) is 0. The molecule has 2 rings (SSSR count). The van der Waals surface area contributed by atoms with Crippen molar-refractivity contribution in [2.45, 2.75) is 25.8 Å². The van der Waals surface area contributed by atoms with Gasteiger partial charge in [0.15, 0.2) is 0 Å². The Balaban J connectivity index is 0.00000144. The molecule has 1 saturated heterocycles. The minimum Gasteiger partial charge on any atom is -0.344 e. The third kappa shape index (κ3) is 4.09. The molecule has 1 aromatic heterocycles. The van der Waals surface area contributed by atoms with E-state index < -0.39 is 0 Å². The predicted molar refractivity (Wildman–Crippen MR) is 78.8 cm³/mol. The number of aromatic nitrogens is 1. The average Bonchev–Trinajstić information content (AvgIpc) is 2.91. The highest BCUT2D eigenvalue weighted by Crippen LogP contribution is 2.23. The van der Waals surface area contributed by atoms with Gasteiger partial charge in [-0.1, -0.05) is 0 Å². The van der Waals surface area contributed by atoms with Crippen LogP contribution in [0.25, 0.3) is 0 Å². The number of carbonyl (C=O) groups excluding carboxylic acids is 1. The molecule has 0 radical (unpaired) electrons. The van der Waals surface area contributed by atoms with Gasteiger partial charge in [-0.2, -0.15) is 0 Å². The fraction of sp³-hybridized carbons (Fsp3) is 0.636. The maximum Gasteiger partial charge on any atom is 0.225 e. The minimum absolute atomic E-state index is 0. The fourth-order valence-corrected chi connectivity index (χ4v) is 2.59. The molecule has 1 amide bonds. The van der Waals surface area contributed by atoms with Crippen LogP contribution in [0.15, 0.2) is 11.6 Å². The third-order valence-corrected chi connectivity index (χ3v) is 3.93. The number of halogens is 2. The Kier molecular flexibility index (Phi) is 7.14. The highest BCUT2D eigenvalue weighted by Gasteiger charge is 2.30. The summed E-state index contributed by atoms with van der Waals surface area (Å²) in [5.41, 5.74) is -0.367. The molecule has 7 heteroatoms. The second-order valence-electron chi connectivity index (χ2n) is 4.64. The quantitative estimate of drug-likeness (QED) is 0.897. The summed E-state index contributed by atoms with van der Waals surface area (Å²) in [7, 11) is 0. The first-order valence-electron chi connectivity index (χ1n) is 5.52. The lowest BCUT2D eigenvalue weighted by Gasteiger charge is -2.25. The predicted octanol–water partition coefficient (Wildman–Crippen LogP) is 1.95. The zero-order chi connectivity index (χ0) is 11.6. The standard InChI is InChI=1S/C11H17N3OS.2ClH/c1-11(2,10-13-5-6-16-10)14-9(15)8-3-4-12-7-8;;/h5-6,8,12H,3-4,7H2,1-2H3,(H,14,15);2*1H. The summed E-state index contributed by atoms with van der Waals surface area (Å²) in [6.45, 7) is 5.72. The summed E-state index contributed by atoms with van der Waals surface area (Å²) < 4.78 is 0. The van der Waals surface area contributed by atoms with Gasteiger partial charge in [0, 0.05) is 18.1 Å². The van der Waals surface area contributed by atoms with Crippen molar-refractivity contribution in [3.63, 3.8) is 0 Å². The van der Waals surface area contributed by atoms with E-state index in [-0.39, 0.29) is 42.2 Å². The third-order valence-electron chi connectivity index (χ3n) is 2.83. The molecule has 0 aromatic carbocycles. The van der Waals surface area contributed by atoms with Gasteiger partial charge in [0.2, 0.25) is 5.91 Å². The summed E-state index contributed by atoms with van der Waals surface area (Å²) in [5.74, 6) is 0.240. The van der Waals surface area contributed by atoms with Crippen LogP contribution in [0.1, 0.15) is 25.3 Å². The van der Waals surface area contributed by atoms with Crippen molar-refractivity contribution in [3.8, 4) is 0 Å². The first-order chi connectivity index (χ1) is 7.59. The van der Waals surface area contributed by atoms with Crippen LogP contribution in [-0.4, -0.2) is 24.0 Å². The molecule has 2 heterocycles.